The maximum atomic E-state index is 10.8. The van der Waals surface area contributed by atoms with Gasteiger partial charge < -0.3 is 14.8 Å². The number of hydrogen-bond acceptors (Lipinski definition) is 4. The molecule has 0 unspecified atom stereocenters. The molecular formula is C13H26N2O4S. The van der Waals surface area contributed by atoms with Crippen LogP contribution >= 0.6 is 0 Å². The number of nitrogens with zero attached hydrogens (tertiary/aromatic N) is 1. The highest BCUT2D eigenvalue weighted by Gasteiger charge is 2.24. The molecule has 0 aromatic rings. The summed E-state index contributed by atoms with van der Waals surface area (Å²) < 4.78 is 32.8. The summed E-state index contributed by atoms with van der Waals surface area (Å²) in [7, 11) is -4.16. The molecule has 1 amide bonds. The van der Waals surface area contributed by atoms with Crippen LogP contribution in [0, 0.1) is 0 Å². The van der Waals surface area contributed by atoms with E-state index in [-0.39, 0.29) is 5.75 Å². The van der Waals surface area contributed by atoms with Crippen LogP contribution in [0.4, 0.5) is 0 Å². The van der Waals surface area contributed by atoms with Gasteiger partial charge in [0.05, 0.1) is 36.3 Å². The number of hydrogen-bond donors (Lipinski definition) is 1. The lowest BCUT2D eigenvalue weighted by molar-refractivity contribution is -0.922. The van der Waals surface area contributed by atoms with E-state index in [0.717, 1.165) is 25.9 Å². The maximum absolute atomic E-state index is 10.8. The zero-order chi connectivity index (χ0) is 15.6. The molecule has 118 valence electrons. The highest BCUT2D eigenvalue weighted by atomic mass is 32.2. The van der Waals surface area contributed by atoms with Gasteiger partial charge in [0.1, 0.15) is 0 Å². The second-order valence-electron chi connectivity index (χ2n) is 5.12. The Hall–Kier alpha value is -0.920. The van der Waals surface area contributed by atoms with Gasteiger partial charge in [-0.1, -0.05) is 13.8 Å². The summed E-state index contributed by atoms with van der Waals surface area (Å²) in [6.45, 7) is 7.14. The molecule has 0 aromatic carbocycles. The fourth-order valence-corrected chi connectivity index (χ4v) is 3.01. The first-order valence-corrected chi connectivity index (χ1v) is 8.57. The monoisotopic (exact) mass is 306 g/mol. The lowest BCUT2D eigenvalue weighted by atomic mass is 10.2. The number of carbonyl (C=O) groups is 1. The molecule has 20 heavy (non-hydrogen) atoms. The van der Waals surface area contributed by atoms with E-state index < -0.39 is 16.0 Å². The van der Waals surface area contributed by atoms with Crippen molar-refractivity contribution in [2.45, 2.75) is 33.1 Å². The highest BCUT2D eigenvalue weighted by Crippen LogP contribution is 2.12. The van der Waals surface area contributed by atoms with E-state index in [4.69, 9.17) is 5.73 Å². The van der Waals surface area contributed by atoms with Gasteiger partial charge in [-0.3, -0.25) is 4.79 Å². The predicted octanol–water partition coefficient (Wildman–Crippen LogP) is 0.600. The summed E-state index contributed by atoms with van der Waals surface area (Å²) in [5.41, 5.74) is 5.07. The largest absolute Gasteiger partial charge is 0.748 e. The summed E-state index contributed by atoms with van der Waals surface area (Å²) >= 11 is 0. The molecule has 0 aromatic heterocycles. The summed E-state index contributed by atoms with van der Waals surface area (Å²) in [5.74, 6) is -0.821. The summed E-state index contributed by atoms with van der Waals surface area (Å²) in [5, 5.41) is 0. The standard InChI is InChI=1S/C13H26N2O4S/c1-3-8-15(9-4-2,10-5-7-13(14)16)11-6-12-20(17,18)19/h5,7H,3-4,6,8-12H2,1-2H3,(H2-,14,16,17,18,19). The molecule has 0 saturated heterocycles. The van der Waals surface area contributed by atoms with E-state index >= 15 is 0 Å². The summed E-state index contributed by atoms with van der Waals surface area (Å²) in [4.78, 5) is 10.8. The van der Waals surface area contributed by atoms with E-state index in [9.17, 15) is 17.8 Å². The first-order chi connectivity index (χ1) is 9.24. The van der Waals surface area contributed by atoms with Gasteiger partial charge in [0.2, 0.25) is 5.91 Å². The molecule has 0 aliphatic heterocycles. The number of nitrogens with two attached hydrogens (primary N) is 1. The molecule has 0 heterocycles. The number of primary amides is 1. The minimum atomic E-state index is -4.16. The van der Waals surface area contributed by atoms with Crippen molar-refractivity contribution in [3.05, 3.63) is 12.2 Å². The van der Waals surface area contributed by atoms with Gasteiger partial charge in [0, 0.05) is 18.2 Å². The van der Waals surface area contributed by atoms with Gasteiger partial charge in [-0.2, -0.15) is 0 Å². The molecule has 0 aliphatic rings. The molecule has 6 nitrogen and oxygen atoms in total. The second-order valence-corrected chi connectivity index (χ2v) is 6.64. The minimum absolute atomic E-state index is 0.333. The maximum Gasteiger partial charge on any atom is 0.241 e. The SMILES string of the molecule is CCC[N+](CC=CC(N)=O)(CCC)CCCS(=O)(=O)[O-]. The van der Waals surface area contributed by atoms with Crippen molar-refractivity contribution in [2.24, 2.45) is 5.73 Å². The molecule has 0 bridgehead atoms. The normalized spacial score (nSPS) is 12.9. The Morgan fingerprint density at radius 3 is 2.15 bits per heavy atom. The van der Waals surface area contributed by atoms with Crippen molar-refractivity contribution < 1.29 is 22.2 Å². The predicted molar refractivity (Wildman–Crippen MR) is 77.8 cm³/mol. The topological polar surface area (TPSA) is 100 Å². The van der Waals surface area contributed by atoms with Gasteiger partial charge in [0.15, 0.2) is 0 Å². The van der Waals surface area contributed by atoms with Crippen LogP contribution < -0.4 is 5.73 Å². The molecule has 0 rings (SSSR count). The molecule has 0 atom stereocenters. The fourth-order valence-electron chi connectivity index (χ4n) is 2.53. The number of amides is 1. The number of quaternary nitrogens is 1. The average Bonchev–Trinajstić information content (AvgIpc) is 2.27. The zero-order valence-corrected chi connectivity index (χ0v) is 13.2. The molecular weight excluding hydrogens is 280 g/mol. The van der Waals surface area contributed by atoms with Crippen molar-refractivity contribution in [1.82, 2.24) is 0 Å². The first kappa shape index (κ1) is 19.1. The third kappa shape index (κ3) is 9.06. The molecule has 0 fully saturated rings. The molecule has 0 saturated carbocycles. The van der Waals surface area contributed by atoms with Gasteiger partial charge in [-0.15, -0.1) is 0 Å². The third-order valence-corrected chi connectivity index (χ3v) is 3.99. The Bertz CT molecular complexity index is 412. The molecule has 2 N–H and O–H groups in total. The van der Waals surface area contributed by atoms with Crippen LogP contribution in [0.3, 0.4) is 0 Å². The van der Waals surface area contributed by atoms with Crippen LogP contribution in [-0.4, -0.2) is 55.3 Å². The lowest BCUT2D eigenvalue weighted by Crippen LogP contribution is -2.50. The van der Waals surface area contributed by atoms with Gasteiger partial charge in [-0.05, 0) is 18.9 Å². The first-order valence-electron chi connectivity index (χ1n) is 6.99. The van der Waals surface area contributed by atoms with Crippen molar-refractivity contribution in [1.29, 1.82) is 0 Å². The third-order valence-electron chi connectivity index (χ3n) is 3.20. The molecule has 0 aliphatic carbocycles. The van der Waals surface area contributed by atoms with Crippen LogP contribution in [0.1, 0.15) is 33.1 Å². The quantitative estimate of drug-likeness (QED) is 0.343. The second kappa shape index (κ2) is 9.10. The lowest BCUT2D eigenvalue weighted by Gasteiger charge is -2.38. The fraction of sp³-hybridized carbons (Fsp3) is 0.769. The zero-order valence-electron chi connectivity index (χ0n) is 12.4. The van der Waals surface area contributed by atoms with Crippen molar-refractivity contribution in [3.8, 4) is 0 Å². The van der Waals surface area contributed by atoms with Crippen LogP contribution in [0.25, 0.3) is 0 Å². The summed E-state index contributed by atoms with van der Waals surface area (Å²) in [6, 6.07) is 0. The van der Waals surface area contributed by atoms with E-state index in [0.29, 0.717) is 24.0 Å². The number of rotatable bonds is 11. The Morgan fingerprint density at radius 2 is 1.75 bits per heavy atom. The number of carbonyl (C=O) groups excluding carboxylic acids is 1. The van der Waals surface area contributed by atoms with E-state index in [1.165, 1.54) is 6.08 Å². The van der Waals surface area contributed by atoms with E-state index in [1.54, 1.807) is 6.08 Å². The smallest absolute Gasteiger partial charge is 0.241 e. The minimum Gasteiger partial charge on any atom is -0.748 e. The van der Waals surface area contributed by atoms with Gasteiger partial charge in [0.25, 0.3) is 0 Å². The Labute approximate surface area is 122 Å². The van der Waals surface area contributed by atoms with Crippen LogP contribution in [0.2, 0.25) is 0 Å². The van der Waals surface area contributed by atoms with Crippen LogP contribution in [0.15, 0.2) is 12.2 Å². The molecule has 0 radical (unpaired) electrons. The van der Waals surface area contributed by atoms with Crippen molar-refractivity contribution >= 4 is 16.0 Å². The van der Waals surface area contributed by atoms with Gasteiger partial charge >= 0.3 is 0 Å². The van der Waals surface area contributed by atoms with E-state index in [1.807, 2.05) is 0 Å². The average molecular weight is 306 g/mol. The highest BCUT2D eigenvalue weighted by molar-refractivity contribution is 7.85. The molecule has 7 heteroatoms. The van der Waals surface area contributed by atoms with E-state index in [2.05, 4.69) is 13.8 Å². The van der Waals surface area contributed by atoms with Crippen molar-refractivity contribution in [2.75, 3.05) is 31.9 Å². The van der Waals surface area contributed by atoms with Crippen molar-refractivity contribution in [3.63, 3.8) is 0 Å². The van der Waals surface area contributed by atoms with Crippen LogP contribution in [0.5, 0.6) is 0 Å². The van der Waals surface area contributed by atoms with Gasteiger partial charge in [-0.25, -0.2) is 8.42 Å². The Kier molecular flexibility index (Phi) is 8.68. The Morgan fingerprint density at radius 1 is 1.20 bits per heavy atom. The Balaban J connectivity index is 4.76. The summed E-state index contributed by atoms with van der Waals surface area (Å²) in [6.07, 6.45) is 5.32. The van der Waals surface area contributed by atoms with Crippen LogP contribution in [-0.2, 0) is 14.9 Å². The molecule has 0 spiro atoms.